The van der Waals surface area contributed by atoms with Gasteiger partial charge in [-0.2, -0.15) is 5.10 Å². The Morgan fingerprint density at radius 2 is 1.96 bits per heavy atom. The Kier molecular flexibility index (Phi) is 4.33. The first-order valence-corrected chi connectivity index (χ1v) is 7.73. The lowest BCUT2D eigenvalue weighted by atomic mass is 9.93. The molecule has 1 amide bonds. The van der Waals surface area contributed by atoms with Gasteiger partial charge in [-0.1, -0.05) is 0 Å². The molecule has 124 valence electrons. The number of ether oxygens (including phenoxy) is 1. The summed E-state index contributed by atoms with van der Waals surface area (Å²) in [6.45, 7) is 4.16. The van der Waals surface area contributed by atoms with E-state index in [4.69, 9.17) is 20.6 Å². The Labute approximate surface area is 134 Å². The Hall–Kier alpha value is -2.35. The maximum atomic E-state index is 12.7. The summed E-state index contributed by atoms with van der Waals surface area (Å²) in [4.78, 5) is 14.4. The van der Waals surface area contributed by atoms with Gasteiger partial charge in [0.05, 0.1) is 18.9 Å². The van der Waals surface area contributed by atoms with Gasteiger partial charge in [-0.25, -0.2) is 0 Å². The van der Waals surface area contributed by atoms with Gasteiger partial charge in [0.2, 0.25) is 5.96 Å². The zero-order chi connectivity index (χ0) is 16.4. The number of carbonyl (C=O) groups excluding carboxylic acids is 1. The molecule has 0 radical (unpaired) electrons. The van der Waals surface area contributed by atoms with Crippen LogP contribution >= 0.6 is 0 Å². The van der Waals surface area contributed by atoms with Crippen LogP contribution in [0.5, 0.6) is 0 Å². The largest absolute Gasteiger partial charge is 0.455 e. The van der Waals surface area contributed by atoms with Gasteiger partial charge in [-0.15, -0.1) is 5.10 Å². The second-order valence-corrected chi connectivity index (χ2v) is 5.68. The van der Waals surface area contributed by atoms with Crippen molar-refractivity contribution in [3.8, 4) is 0 Å². The lowest BCUT2D eigenvalue weighted by Crippen LogP contribution is -2.40. The predicted molar refractivity (Wildman–Crippen MR) is 85.5 cm³/mol. The van der Waals surface area contributed by atoms with E-state index in [9.17, 15) is 4.79 Å². The fourth-order valence-corrected chi connectivity index (χ4v) is 3.00. The molecule has 23 heavy (non-hydrogen) atoms. The van der Waals surface area contributed by atoms with Gasteiger partial charge >= 0.3 is 0 Å². The third-order valence-corrected chi connectivity index (χ3v) is 4.10. The van der Waals surface area contributed by atoms with Gasteiger partial charge in [-0.3, -0.25) is 4.79 Å². The first-order valence-electron chi connectivity index (χ1n) is 7.73. The molecule has 0 unspecified atom stereocenters. The average molecular weight is 319 g/mol. The van der Waals surface area contributed by atoms with Crippen LogP contribution in [0.15, 0.2) is 14.6 Å². The van der Waals surface area contributed by atoms with E-state index in [2.05, 4.69) is 10.2 Å². The first-order chi connectivity index (χ1) is 11.1. The van der Waals surface area contributed by atoms with Gasteiger partial charge in [-0.05, 0) is 19.8 Å². The molecule has 0 saturated carbocycles. The second-order valence-electron chi connectivity index (χ2n) is 5.68. The smallest absolute Gasteiger partial charge is 0.290 e. The number of aryl methyl sites for hydroxylation is 1. The number of morpholine rings is 1. The number of nitrogens with zero attached hydrogens (tertiary/aromatic N) is 3. The number of nitrogens with two attached hydrogens (primary N) is 2. The van der Waals surface area contributed by atoms with Gasteiger partial charge in [0.1, 0.15) is 5.76 Å². The Bertz CT molecular complexity index is 667. The molecule has 0 atom stereocenters. The van der Waals surface area contributed by atoms with Crippen molar-refractivity contribution in [2.24, 2.45) is 21.7 Å². The SMILES string of the molecule is Cc1c(C(=O)N2CCOCC2)oc2c1/C(=N/N=C(N)N)CCC2. The molecule has 2 heterocycles. The zero-order valence-electron chi connectivity index (χ0n) is 13.2. The molecule has 0 bridgehead atoms. The molecule has 1 fully saturated rings. The molecule has 1 aromatic rings. The summed E-state index contributed by atoms with van der Waals surface area (Å²) >= 11 is 0. The average Bonchev–Trinajstić information content (AvgIpc) is 2.90. The lowest BCUT2D eigenvalue weighted by Gasteiger charge is -2.26. The maximum absolute atomic E-state index is 12.7. The normalized spacial score (nSPS) is 19.5. The summed E-state index contributed by atoms with van der Waals surface area (Å²) in [5, 5.41) is 7.86. The van der Waals surface area contributed by atoms with Gasteiger partial charge in [0.25, 0.3) is 5.91 Å². The molecule has 1 aliphatic heterocycles. The highest BCUT2D eigenvalue weighted by Gasteiger charge is 2.30. The zero-order valence-corrected chi connectivity index (χ0v) is 13.2. The van der Waals surface area contributed by atoms with Crippen molar-refractivity contribution >= 4 is 17.6 Å². The van der Waals surface area contributed by atoms with E-state index in [1.54, 1.807) is 4.90 Å². The standard InChI is InChI=1S/C15H21N5O3/c1-9-12-10(18-19-15(16)17)3-2-4-11(12)23-13(9)14(21)20-5-7-22-8-6-20/h2-8H2,1H3,(H4,16,17,19)/b18-10+. The molecular formula is C15H21N5O3. The van der Waals surface area contributed by atoms with Crippen molar-refractivity contribution in [2.75, 3.05) is 26.3 Å². The number of rotatable bonds is 2. The van der Waals surface area contributed by atoms with Crippen molar-refractivity contribution in [2.45, 2.75) is 26.2 Å². The molecule has 1 aliphatic carbocycles. The van der Waals surface area contributed by atoms with Crippen LogP contribution in [0.1, 0.15) is 40.3 Å². The Morgan fingerprint density at radius 1 is 1.22 bits per heavy atom. The molecule has 0 aromatic carbocycles. The summed E-state index contributed by atoms with van der Waals surface area (Å²) < 4.78 is 11.2. The van der Waals surface area contributed by atoms with Crippen molar-refractivity contribution in [1.29, 1.82) is 0 Å². The molecule has 3 rings (SSSR count). The van der Waals surface area contributed by atoms with Crippen LogP contribution in [-0.4, -0.2) is 48.8 Å². The van der Waals surface area contributed by atoms with E-state index in [1.165, 1.54) is 0 Å². The lowest BCUT2D eigenvalue weighted by molar-refractivity contribution is 0.0281. The summed E-state index contributed by atoms with van der Waals surface area (Å²) in [5.74, 6) is 0.989. The van der Waals surface area contributed by atoms with E-state index < -0.39 is 0 Å². The van der Waals surface area contributed by atoms with Gasteiger partial charge in [0.15, 0.2) is 5.76 Å². The minimum absolute atomic E-state index is 0.0876. The van der Waals surface area contributed by atoms with Crippen LogP contribution in [0.25, 0.3) is 0 Å². The van der Waals surface area contributed by atoms with Crippen molar-refractivity contribution in [3.63, 3.8) is 0 Å². The van der Waals surface area contributed by atoms with Crippen LogP contribution in [-0.2, 0) is 11.2 Å². The van der Waals surface area contributed by atoms with Crippen LogP contribution in [0.3, 0.4) is 0 Å². The minimum Gasteiger partial charge on any atom is -0.455 e. The number of fused-ring (bicyclic) bond motifs is 1. The highest BCUT2D eigenvalue weighted by Crippen LogP contribution is 2.30. The van der Waals surface area contributed by atoms with E-state index in [1.807, 2.05) is 6.92 Å². The molecule has 0 spiro atoms. The highest BCUT2D eigenvalue weighted by atomic mass is 16.5. The summed E-state index contributed by atoms with van der Waals surface area (Å²) in [7, 11) is 0. The molecular weight excluding hydrogens is 298 g/mol. The third-order valence-electron chi connectivity index (χ3n) is 4.10. The van der Waals surface area contributed by atoms with E-state index in [-0.39, 0.29) is 11.9 Å². The van der Waals surface area contributed by atoms with Crippen molar-refractivity contribution in [3.05, 3.63) is 22.6 Å². The van der Waals surface area contributed by atoms with Crippen molar-refractivity contribution < 1.29 is 13.9 Å². The monoisotopic (exact) mass is 319 g/mol. The topological polar surface area (TPSA) is 119 Å². The molecule has 1 aromatic heterocycles. The number of amides is 1. The predicted octanol–water partition coefficient (Wildman–Crippen LogP) is 0.374. The maximum Gasteiger partial charge on any atom is 0.290 e. The number of hydrogen-bond donors (Lipinski definition) is 2. The van der Waals surface area contributed by atoms with E-state index in [0.717, 1.165) is 41.9 Å². The van der Waals surface area contributed by atoms with Crippen LogP contribution < -0.4 is 11.5 Å². The van der Waals surface area contributed by atoms with Crippen LogP contribution in [0.2, 0.25) is 0 Å². The van der Waals surface area contributed by atoms with Gasteiger partial charge in [0, 0.05) is 30.6 Å². The number of hydrogen-bond acceptors (Lipinski definition) is 5. The second kappa shape index (κ2) is 6.41. The Balaban J connectivity index is 1.94. The summed E-state index contributed by atoms with van der Waals surface area (Å²) in [6, 6.07) is 0. The summed E-state index contributed by atoms with van der Waals surface area (Å²) in [6.07, 6.45) is 2.44. The fraction of sp³-hybridized carbons (Fsp3) is 0.533. The Morgan fingerprint density at radius 3 is 2.65 bits per heavy atom. The molecule has 2 aliphatic rings. The van der Waals surface area contributed by atoms with Crippen molar-refractivity contribution in [1.82, 2.24) is 4.90 Å². The minimum atomic E-state index is -0.0959. The molecule has 4 N–H and O–H groups in total. The number of furan rings is 1. The molecule has 1 saturated heterocycles. The van der Waals surface area contributed by atoms with Gasteiger partial charge < -0.3 is 25.5 Å². The third kappa shape index (κ3) is 3.07. The molecule has 8 nitrogen and oxygen atoms in total. The first kappa shape index (κ1) is 15.5. The van der Waals surface area contributed by atoms with Crippen LogP contribution in [0, 0.1) is 6.92 Å². The summed E-state index contributed by atoms with van der Waals surface area (Å²) in [5.41, 5.74) is 13.1. The fourth-order valence-electron chi connectivity index (χ4n) is 3.00. The van der Waals surface area contributed by atoms with Crippen LogP contribution in [0.4, 0.5) is 0 Å². The quantitative estimate of drug-likeness (QED) is 0.464. The van der Waals surface area contributed by atoms with E-state index >= 15 is 0 Å². The highest BCUT2D eigenvalue weighted by molar-refractivity contribution is 6.06. The number of carbonyl (C=O) groups is 1. The molecule has 8 heteroatoms. The van der Waals surface area contributed by atoms with E-state index in [0.29, 0.717) is 32.1 Å². The number of guanidine groups is 1.